The molecule has 0 aromatic heterocycles. The molecule has 1 fully saturated rings. The maximum atomic E-state index is 9.36. The Hall–Kier alpha value is -1.26. The molecule has 1 aromatic carbocycles. The summed E-state index contributed by atoms with van der Waals surface area (Å²) in [6.07, 6.45) is 4.65. The molecular weight excluding hydrogens is 254 g/mol. The third kappa shape index (κ3) is 4.12. The van der Waals surface area contributed by atoms with E-state index in [4.69, 9.17) is 15.2 Å². The summed E-state index contributed by atoms with van der Waals surface area (Å²) in [5, 5.41) is 9.36. The third-order valence-corrected chi connectivity index (χ3v) is 3.75. The lowest BCUT2D eigenvalue weighted by Crippen LogP contribution is -2.50. The van der Waals surface area contributed by atoms with E-state index in [2.05, 4.69) is 6.92 Å². The summed E-state index contributed by atoms with van der Waals surface area (Å²) in [4.78, 5) is 0. The molecule has 0 radical (unpaired) electrons. The minimum absolute atomic E-state index is 0.0245. The zero-order chi connectivity index (χ0) is 14.4. The van der Waals surface area contributed by atoms with Crippen molar-refractivity contribution in [2.75, 3.05) is 13.2 Å². The first-order valence-corrected chi connectivity index (χ1v) is 7.44. The van der Waals surface area contributed by atoms with E-state index >= 15 is 0 Å². The maximum absolute atomic E-state index is 9.36. The Morgan fingerprint density at radius 1 is 1.30 bits per heavy atom. The molecule has 4 nitrogen and oxygen atoms in total. The van der Waals surface area contributed by atoms with Gasteiger partial charge in [0.15, 0.2) is 0 Å². The molecule has 2 atom stereocenters. The Balaban J connectivity index is 1.89. The van der Waals surface area contributed by atoms with Crippen LogP contribution < -0.4 is 15.2 Å². The number of aliphatic hydroxyl groups excluding tert-OH is 1. The molecular formula is C16H25NO3. The van der Waals surface area contributed by atoms with Crippen molar-refractivity contribution in [3.05, 3.63) is 24.3 Å². The van der Waals surface area contributed by atoms with Gasteiger partial charge < -0.3 is 20.3 Å². The highest BCUT2D eigenvalue weighted by atomic mass is 16.5. The van der Waals surface area contributed by atoms with Gasteiger partial charge in [0.05, 0.1) is 13.2 Å². The predicted octanol–water partition coefficient (Wildman–Crippen LogP) is 2.49. The normalized spacial score (nSPS) is 26.2. The second kappa shape index (κ2) is 6.95. The number of hydrogen-bond acceptors (Lipinski definition) is 4. The first-order chi connectivity index (χ1) is 9.65. The van der Waals surface area contributed by atoms with Crippen LogP contribution in [-0.4, -0.2) is 30.0 Å². The van der Waals surface area contributed by atoms with Crippen molar-refractivity contribution >= 4 is 0 Å². The fraction of sp³-hybridized carbons (Fsp3) is 0.625. The smallest absolute Gasteiger partial charge is 0.119 e. The third-order valence-electron chi connectivity index (χ3n) is 3.75. The topological polar surface area (TPSA) is 64.7 Å². The van der Waals surface area contributed by atoms with Crippen LogP contribution in [0.15, 0.2) is 24.3 Å². The van der Waals surface area contributed by atoms with Gasteiger partial charge in [-0.1, -0.05) is 6.92 Å². The molecule has 2 unspecified atom stereocenters. The van der Waals surface area contributed by atoms with Crippen molar-refractivity contribution in [3.8, 4) is 11.5 Å². The van der Waals surface area contributed by atoms with Gasteiger partial charge in [0.1, 0.15) is 17.6 Å². The predicted molar refractivity (Wildman–Crippen MR) is 79.1 cm³/mol. The second-order valence-corrected chi connectivity index (χ2v) is 5.68. The van der Waals surface area contributed by atoms with E-state index in [1.54, 1.807) is 0 Å². The van der Waals surface area contributed by atoms with Crippen LogP contribution in [-0.2, 0) is 0 Å². The average Bonchev–Trinajstić information content (AvgIpc) is 2.47. The molecule has 1 aliphatic carbocycles. The van der Waals surface area contributed by atoms with E-state index in [9.17, 15) is 5.11 Å². The van der Waals surface area contributed by atoms with Gasteiger partial charge in [0.2, 0.25) is 0 Å². The summed E-state index contributed by atoms with van der Waals surface area (Å²) < 4.78 is 11.5. The first-order valence-electron chi connectivity index (χ1n) is 7.44. The molecule has 0 amide bonds. The van der Waals surface area contributed by atoms with Gasteiger partial charge in [-0.3, -0.25) is 0 Å². The van der Waals surface area contributed by atoms with Crippen LogP contribution in [0.5, 0.6) is 11.5 Å². The molecule has 0 spiro atoms. The standard InChI is InChI=1S/C16H25NO3/c1-2-10-19-13-5-7-14(8-6-13)20-15-4-3-9-16(17,11-15)12-18/h5-8,15,18H,2-4,9-12,17H2,1H3. The minimum atomic E-state index is -0.479. The summed E-state index contributed by atoms with van der Waals surface area (Å²) in [7, 11) is 0. The van der Waals surface area contributed by atoms with Crippen molar-refractivity contribution in [2.45, 2.75) is 50.7 Å². The van der Waals surface area contributed by atoms with Crippen molar-refractivity contribution in [1.29, 1.82) is 0 Å². The minimum Gasteiger partial charge on any atom is -0.494 e. The summed E-state index contributed by atoms with van der Waals surface area (Å²) in [5.41, 5.74) is 5.65. The summed E-state index contributed by atoms with van der Waals surface area (Å²) in [6.45, 7) is 2.84. The van der Waals surface area contributed by atoms with E-state index in [-0.39, 0.29) is 12.7 Å². The largest absolute Gasteiger partial charge is 0.494 e. The van der Waals surface area contributed by atoms with E-state index in [1.807, 2.05) is 24.3 Å². The van der Waals surface area contributed by atoms with E-state index < -0.39 is 5.54 Å². The molecule has 0 aliphatic heterocycles. The second-order valence-electron chi connectivity index (χ2n) is 5.68. The van der Waals surface area contributed by atoms with Crippen molar-refractivity contribution in [2.24, 2.45) is 5.73 Å². The van der Waals surface area contributed by atoms with Gasteiger partial charge in [-0.05, 0) is 49.9 Å². The van der Waals surface area contributed by atoms with Crippen LogP contribution in [0.3, 0.4) is 0 Å². The van der Waals surface area contributed by atoms with Gasteiger partial charge >= 0.3 is 0 Å². The molecule has 112 valence electrons. The highest BCUT2D eigenvalue weighted by molar-refractivity contribution is 5.31. The van der Waals surface area contributed by atoms with E-state index in [0.717, 1.165) is 43.8 Å². The van der Waals surface area contributed by atoms with Gasteiger partial charge in [0, 0.05) is 12.0 Å². The highest BCUT2D eigenvalue weighted by Crippen LogP contribution is 2.29. The Bertz CT molecular complexity index is 407. The number of nitrogens with two attached hydrogens (primary N) is 1. The fourth-order valence-electron chi connectivity index (χ4n) is 2.61. The van der Waals surface area contributed by atoms with Crippen LogP contribution in [0.25, 0.3) is 0 Å². The first kappa shape index (κ1) is 15.1. The molecule has 0 bridgehead atoms. The van der Waals surface area contributed by atoms with Crippen molar-refractivity contribution < 1.29 is 14.6 Å². The fourth-order valence-corrected chi connectivity index (χ4v) is 2.61. The number of benzene rings is 1. The van der Waals surface area contributed by atoms with Crippen LogP contribution in [0.4, 0.5) is 0 Å². The van der Waals surface area contributed by atoms with E-state index in [1.165, 1.54) is 0 Å². The van der Waals surface area contributed by atoms with Crippen LogP contribution in [0.1, 0.15) is 39.0 Å². The Morgan fingerprint density at radius 3 is 2.65 bits per heavy atom. The van der Waals surface area contributed by atoms with E-state index in [0.29, 0.717) is 6.42 Å². The Morgan fingerprint density at radius 2 is 2.00 bits per heavy atom. The quantitative estimate of drug-likeness (QED) is 0.839. The van der Waals surface area contributed by atoms with Crippen LogP contribution in [0, 0.1) is 0 Å². The van der Waals surface area contributed by atoms with Gasteiger partial charge in [-0.2, -0.15) is 0 Å². The van der Waals surface area contributed by atoms with Crippen LogP contribution >= 0.6 is 0 Å². The molecule has 3 N–H and O–H groups in total. The lowest BCUT2D eigenvalue weighted by Gasteiger charge is -2.36. The molecule has 4 heteroatoms. The zero-order valence-electron chi connectivity index (χ0n) is 12.2. The number of aliphatic hydroxyl groups is 1. The zero-order valence-corrected chi connectivity index (χ0v) is 12.2. The van der Waals surface area contributed by atoms with Crippen molar-refractivity contribution in [1.82, 2.24) is 0 Å². The van der Waals surface area contributed by atoms with Gasteiger partial charge in [-0.25, -0.2) is 0 Å². The molecule has 0 heterocycles. The molecule has 1 aliphatic rings. The molecule has 1 saturated carbocycles. The highest BCUT2D eigenvalue weighted by Gasteiger charge is 2.33. The molecule has 20 heavy (non-hydrogen) atoms. The summed E-state index contributed by atoms with van der Waals surface area (Å²) in [6, 6.07) is 7.71. The summed E-state index contributed by atoms with van der Waals surface area (Å²) in [5.74, 6) is 1.70. The monoisotopic (exact) mass is 279 g/mol. The molecule has 2 rings (SSSR count). The number of rotatable bonds is 6. The average molecular weight is 279 g/mol. The van der Waals surface area contributed by atoms with Crippen molar-refractivity contribution in [3.63, 3.8) is 0 Å². The lowest BCUT2D eigenvalue weighted by atomic mass is 9.81. The molecule has 1 aromatic rings. The summed E-state index contributed by atoms with van der Waals surface area (Å²) >= 11 is 0. The SMILES string of the molecule is CCCOc1ccc(OC2CCCC(N)(CO)C2)cc1. The number of ether oxygens (including phenoxy) is 2. The van der Waals surface area contributed by atoms with Gasteiger partial charge in [-0.15, -0.1) is 0 Å². The van der Waals surface area contributed by atoms with Gasteiger partial charge in [0.25, 0.3) is 0 Å². The maximum Gasteiger partial charge on any atom is 0.119 e. The Labute approximate surface area is 120 Å². The molecule has 0 saturated heterocycles. The number of hydrogen-bond donors (Lipinski definition) is 2. The lowest BCUT2D eigenvalue weighted by molar-refractivity contribution is 0.0728. The van der Waals surface area contributed by atoms with Crippen LogP contribution in [0.2, 0.25) is 0 Å². The Kier molecular flexibility index (Phi) is 5.26.